The Labute approximate surface area is 64.0 Å². The van der Waals surface area contributed by atoms with E-state index in [0.29, 0.717) is 0 Å². The standard InChI is InChI=1S/C10H16/c1-4-6-7-8-9-10(3)5-2/h4-5,8-9H,1,6-7H2,2-3H3/b9-8+,10-5+. The summed E-state index contributed by atoms with van der Waals surface area (Å²) in [6, 6.07) is 0. The smallest absolute Gasteiger partial charge is 0.0313 e. The number of rotatable bonds is 4. The Hall–Kier alpha value is -0.780. The highest BCUT2D eigenvalue weighted by atomic mass is 13.8. The van der Waals surface area contributed by atoms with E-state index < -0.39 is 0 Å². The van der Waals surface area contributed by atoms with Gasteiger partial charge in [0.2, 0.25) is 0 Å². The van der Waals surface area contributed by atoms with Gasteiger partial charge in [0.15, 0.2) is 0 Å². The van der Waals surface area contributed by atoms with E-state index in [1.54, 1.807) is 0 Å². The van der Waals surface area contributed by atoms with Crippen molar-refractivity contribution in [2.24, 2.45) is 0 Å². The minimum atomic E-state index is 1.08. The van der Waals surface area contributed by atoms with Gasteiger partial charge in [-0.2, -0.15) is 0 Å². The molecule has 0 heteroatoms. The lowest BCUT2D eigenvalue weighted by molar-refractivity contribution is 1.05. The molecule has 0 saturated heterocycles. The molecule has 0 heterocycles. The molecular formula is C10H16. The summed E-state index contributed by atoms with van der Waals surface area (Å²) in [6.07, 6.45) is 10.5. The van der Waals surface area contributed by atoms with E-state index in [0.717, 1.165) is 12.8 Å². The van der Waals surface area contributed by atoms with Crippen molar-refractivity contribution < 1.29 is 0 Å². The molecule has 0 saturated carbocycles. The molecule has 0 aliphatic carbocycles. The fourth-order valence-electron chi connectivity index (χ4n) is 0.580. The monoisotopic (exact) mass is 136 g/mol. The van der Waals surface area contributed by atoms with Crippen LogP contribution in [0.4, 0.5) is 0 Å². The second-order valence-electron chi connectivity index (χ2n) is 2.30. The molecule has 0 N–H and O–H groups in total. The lowest BCUT2D eigenvalue weighted by Crippen LogP contribution is -1.66. The second kappa shape index (κ2) is 6.34. The summed E-state index contributed by atoms with van der Waals surface area (Å²) in [6.45, 7) is 7.80. The number of allylic oxidation sites excluding steroid dienone is 5. The molecule has 0 bridgehead atoms. The average Bonchev–Trinajstić information content (AvgIpc) is 1.98. The van der Waals surface area contributed by atoms with Crippen molar-refractivity contribution in [2.45, 2.75) is 26.7 Å². The molecule has 0 aromatic rings. The van der Waals surface area contributed by atoms with E-state index in [1.807, 2.05) is 13.0 Å². The molecule has 0 atom stereocenters. The lowest BCUT2D eigenvalue weighted by Gasteiger charge is -1.87. The molecule has 10 heavy (non-hydrogen) atoms. The minimum Gasteiger partial charge on any atom is -0.103 e. The Bertz CT molecular complexity index is 138. The van der Waals surface area contributed by atoms with Crippen LogP contribution in [0.15, 0.2) is 36.5 Å². The van der Waals surface area contributed by atoms with E-state index in [4.69, 9.17) is 0 Å². The van der Waals surface area contributed by atoms with Gasteiger partial charge in [-0.05, 0) is 26.7 Å². The first kappa shape index (κ1) is 9.22. The normalized spacial score (nSPS) is 12.4. The van der Waals surface area contributed by atoms with Crippen LogP contribution in [0.2, 0.25) is 0 Å². The van der Waals surface area contributed by atoms with Crippen LogP contribution in [0, 0.1) is 0 Å². The summed E-state index contributed by atoms with van der Waals surface area (Å²) in [5, 5.41) is 0. The van der Waals surface area contributed by atoms with E-state index >= 15 is 0 Å². The third-order valence-electron chi connectivity index (χ3n) is 1.37. The van der Waals surface area contributed by atoms with Crippen molar-refractivity contribution in [3.8, 4) is 0 Å². The summed E-state index contributed by atoms with van der Waals surface area (Å²) >= 11 is 0. The summed E-state index contributed by atoms with van der Waals surface area (Å²) in [5.74, 6) is 0. The first-order valence-corrected chi connectivity index (χ1v) is 3.71. The van der Waals surface area contributed by atoms with Crippen LogP contribution < -0.4 is 0 Å². The Morgan fingerprint density at radius 1 is 1.40 bits per heavy atom. The second-order valence-corrected chi connectivity index (χ2v) is 2.30. The maximum atomic E-state index is 3.65. The first-order chi connectivity index (χ1) is 4.81. The molecule has 0 aliphatic rings. The molecule has 0 radical (unpaired) electrons. The average molecular weight is 136 g/mol. The van der Waals surface area contributed by atoms with Crippen LogP contribution >= 0.6 is 0 Å². The quantitative estimate of drug-likeness (QED) is 0.315. The molecule has 0 amide bonds. The summed E-state index contributed by atoms with van der Waals surface area (Å²) in [4.78, 5) is 0. The van der Waals surface area contributed by atoms with Crippen LogP contribution in [0.1, 0.15) is 26.7 Å². The van der Waals surface area contributed by atoms with Crippen LogP contribution in [-0.2, 0) is 0 Å². The molecule has 0 aliphatic heterocycles. The zero-order valence-corrected chi connectivity index (χ0v) is 6.93. The van der Waals surface area contributed by atoms with E-state index in [9.17, 15) is 0 Å². The van der Waals surface area contributed by atoms with Crippen LogP contribution in [-0.4, -0.2) is 0 Å². The summed E-state index contributed by atoms with van der Waals surface area (Å²) < 4.78 is 0. The highest BCUT2D eigenvalue weighted by molar-refractivity contribution is 5.14. The highest BCUT2D eigenvalue weighted by Crippen LogP contribution is 1.97. The zero-order valence-electron chi connectivity index (χ0n) is 6.93. The van der Waals surface area contributed by atoms with E-state index in [-0.39, 0.29) is 0 Å². The minimum absolute atomic E-state index is 1.08. The van der Waals surface area contributed by atoms with Crippen molar-refractivity contribution >= 4 is 0 Å². The maximum Gasteiger partial charge on any atom is -0.0313 e. The third-order valence-corrected chi connectivity index (χ3v) is 1.37. The van der Waals surface area contributed by atoms with Crippen molar-refractivity contribution in [3.05, 3.63) is 36.5 Å². The summed E-state index contributed by atoms with van der Waals surface area (Å²) in [7, 11) is 0. The number of unbranched alkanes of at least 4 members (excludes halogenated alkanes) is 1. The topological polar surface area (TPSA) is 0 Å². The Balaban J connectivity index is 3.45. The Kier molecular flexibility index (Phi) is 5.85. The molecule has 0 aromatic carbocycles. The van der Waals surface area contributed by atoms with Crippen LogP contribution in [0.25, 0.3) is 0 Å². The SMILES string of the molecule is C=CCC/C=C/C(C)=C/C. The predicted molar refractivity (Wildman–Crippen MR) is 48.0 cm³/mol. The van der Waals surface area contributed by atoms with Gasteiger partial charge in [-0.15, -0.1) is 6.58 Å². The van der Waals surface area contributed by atoms with Crippen LogP contribution in [0.5, 0.6) is 0 Å². The van der Waals surface area contributed by atoms with Gasteiger partial charge in [0.05, 0.1) is 0 Å². The van der Waals surface area contributed by atoms with E-state index in [2.05, 4.69) is 31.7 Å². The molecule has 0 aromatic heterocycles. The number of hydrogen-bond acceptors (Lipinski definition) is 0. The molecule has 0 rings (SSSR count). The molecule has 56 valence electrons. The van der Waals surface area contributed by atoms with Crippen LogP contribution in [0.3, 0.4) is 0 Å². The Morgan fingerprint density at radius 2 is 2.10 bits per heavy atom. The predicted octanol–water partition coefficient (Wildman–Crippen LogP) is 3.48. The van der Waals surface area contributed by atoms with Gasteiger partial charge in [-0.1, -0.05) is 29.9 Å². The molecular weight excluding hydrogens is 120 g/mol. The number of hydrogen-bond donors (Lipinski definition) is 0. The molecule has 0 unspecified atom stereocenters. The van der Waals surface area contributed by atoms with Gasteiger partial charge >= 0.3 is 0 Å². The van der Waals surface area contributed by atoms with Gasteiger partial charge in [0.1, 0.15) is 0 Å². The maximum absolute atomic E-state index is 3.65. The van der Waals surface area contributed by atoms with Crippen molar-refractivity contribution in [1.29, 1.82) is 0 Å². The molecule has 0 spiro atoms. The molecule has 0 nitrogen and oxygen atoms in total. The van der Waals surface area contributed by atoms with Gasteiger partial charge in [-0.3, -0.25) is 0 Å². The lowest BCUT2D eigenvalue weighted by atomic mass is 10.2. The van der Waals surface area contributed by atoms with Crippen molar-refractivity contribution in [3.63, 3.8) is 0 Å². The van der Waals surface area contributed by atoms with Gasteiger partial charge in [0, 0.05) is 0 Å². The van der Waals surface area contributed by atoms with Crippen molar-refractivity contribution in [2.75, 3.05) is 0 Å². The van der Waals surface area contributed by atoms with Gasteiger partial charge < -0.3 is 0 Å². The van der Waals surface area contributed by atoms with Gasteiger partial charge in [0.25, 0.3) is 0 Å². The van der Waals surface area contributed by atoms with Crippen molar-refractivity contribution in [1.82, 2.24) is 0 Å². The Morgan fingerprint density at radius 3 is 2.60 bits per heavy atom. The molecule has 0 fully saturated rings. The first-order valence-electron chi connectivity index (χ1n) is 3.71. The third kappa shape index (κ3) is 5.36. The summed E-state index contributed by atoms with van der Waals surface area (Å²) in [5.41, 5.74) is 1.32. The highest BCUT2D eigenvalue weighted by Gasteiger charge is 1.76. The fourth-order valence-corrected chi connectivity index (χ4v) is 0.580. The fraction of sp³-hybridized carbons (Fsp3) is 0.400. The zero-order chi connectivity index (χ0) is 7.82. The van der Waals surface area contributed by atoms with Gasteiger partial charge in [-0.25, -0.2) is 0 Å². The largest absolute Gasteiger partial charge is 0.103 e. The van der Waals surface area contributed by atoms with E-state index in [1.165, 1.54) is 5.57 Å².